The number of benzene rings is 2. The van der Waals surface area contributed by atoms with Crippen LogP contribution in [-0.4, -0.2) is 25.0 Å². The zero-order chi connectivity index (χ0) is 18.9. The molecule has 3 rings (SSSR count). The molecule has 0 saturated carbocycles. The topological polar surface area (TPSA) is 91.4 Å². The summed E-state index contributed by atoms with van der Waals surface area (Å²) in [5, 5.41) is 12.0. The van der Waals surface area contributed by atoms with E-state index in [0.717, 1.165) is 5.56 Å². The van der Waals surface area contributed by atoms with Crippen molar-refractivity contribution < 1.29 is 18.1 Å². The van der Waals surface area contributed by atoms with Crippen LogP contribution in [0.5, 0.6) is 0 Å². The molecular formula is C18H18N2O5S. The molecule has 0 atom stereocenters. The standard InChI is InChI=1S/C18H18N2O5S/c1-13-3-5-14(6-4-13)26(23,24)11-16-15-9-10-19(12-25-2)17(15)7-8-18(16)20(21)22/h3-10H,11-12H2,1-2H3. The van der Waals surface area contributed by atoms with Crippen LogP contribution < -0.4 is 0 Å². The number of methoxy groups -OCH3 is 1. The zero-order valence-corrected chi connectivity index (χ0v) is 15.2. The highest BCUT2D eigenvalue weighted by molar-refractivity contribution is 7.90. The molecule has 7 nitrogen and oxygen atoms in total. The Hall–Kier alpha value is -2.71. The Labute approximate surface area is 150 Å². The quantitative estimate of drug-likeness (QED) is 0.487. The number of nitro groups is 1. The van der Waals surface area contributed by atoms with Gasteiger partial charge in [0.2, 0.25) is 0 Å². The summed E-state index contributed by atoms with van der Waals surface area (Å²) in [6, 6.07) is 11.1. The molecule has 0 aliphatic rings. The van der Waals surface area contributed by atoms with Gasteiger partial charge in [0.25, 0.3) is 5.69 Å². The van der Waals surface area contributed by atoms with Gasteiger partial charge in [0, 0.05) is 24.8 Å². The van der Waals surface area contributed by atoms with Crippen LogP contribution in [-0.2, 0) is 27.1 Å². The molecule has 8 heteroatoms. The van der Waals surface area contributed by atoms with Crippen LogP contribution in [0.4, 0.5) is 5.69 Å². The summed E-state index contributed by atoms with van der Waals surface area (Å²) in [6.07, 6.45) is 1.72. The molecule has 1 heterocycles. The Morgan fingerprint density at radius 3 is 2.42 bits per heavy atom. The fourth-order valence-electron chi connectivity index (χ4n) is 2.92. The van der Waals surface area contributed by atoms with Crippen molar-refractivity contribution in [3.05, 3.63) is 69.9 Å². The van der Waals surface area contributed by atoms with E-state index in [4.69, 9.17) is 4.74 Å². The van der Waals surface area contributed by atoms with Gasteiger partial charge >= 0.3 is 0 Å². The van der Waals surface area contributed by atoms with E-state index in [1.54, 1.807) is 42.1 Å². The van der Waals surface area contributed by atoms with Crippen LogP contribution in [0.2, 0.25) is 0 Å². The Balaban J connectivity index is 2.14. The zero-order valence-electron chi connectivity index (χ0n) is 14.4. The summed E-state index contributed by atoms with van der Waals surface area (Å²) in [6.45, 7) is 2.13. The highest BCUT2D eigenvalue weighted by Crippen LogP contribution is 2.32. The van der Waals surface area contributed by atoms with Crippen LogP contribution in [0, 0.1) is 17.0 Å². The van der Waals surface area contributed by atoms with Gasteiger partial charge in [0.15, 0.2) is 9.84 Å². The van der Waals surface area contributed by atoms with Crippen molar-refractivity contribution in [2.75, 3.05) is 7.11 Å². The number of nitro benzene ring substituents is 1. The largest absolute Gasteiger partial charge is 0.364 e. The van der Waals surface area contributed by atoms with Gasteiger partial charge in [0.05, 0.1) is 26.7 Å². The normalized spacial score (nSPS) is 11.8. The van der Waals surface area contributed by atoms with Crippen LogP contribution in [0.3, 0.4) is 0 Å². The molecule has 0 amide bonds. The third kappa shape index (κ3) is 3.33. The Morgan fingerprint density at radius 1 is 1.12 bits per heavy atom. The second kappa shape index (κ2) is 6.89. The molecule has 1 aromatic heterocycles. The lowest BCUT2D eigenvalue weighted by atomic mass is 10.1. The van der Waals surface area contributed by atoms with Gasteiger partial charge < -0.3 is 9.30 Å². The second-order valence-electron chi connectivity index (χ2n) is 6.03. The van der Waals surface area contributed by atoms with Crippen LogP contribution >= 0.6 is 0 Å². The van der Waals surface area contributed by atoms with Gasteiger partial charge in [-0.15, -0.1) is 0 Å². The molecule has 136 valence electrons. The molecule has 0 bridgehead atoms. The summed E-state index contributed by atoms with van der Waals surface area (Å²) in [4.78, 5) is 11.0. The van der Waals surface area contributed by atoms with Crippen molar-refractivity contribution in [2.24, 2.45) is 0 Å². The van der Waals surface area contributed by atoms with Crippen molar-refractivity contribution in [1.29, 1.82) is 0 Å². The summed E-state index contributed by atoms with van der Waals surface area (Å²) < 4.78 is 32.5. The van der Waals surface area contributed by atoms with Crippen LogP contribution in [0.15, 0.2) is 53.6 Å². The average Bonchev–Trinajstić information content (AvgIpc) is 2.99. The molecule has 0 spiro atoms. The van der Waals surface area contributed by atoms with Crippen molar-refractivity contribution in [3.8, 4) is 0 Å². The first-order valence-electron chi connectivity index (χ1n) is 7.87. The van der Waals surface area contributed by atoms with E-state index in [2.05, 4.69) is 0 Å². The Kier molecular flexibility index (Phi) is 4.80. The Bertz CT molecular complexity index is 1070. The number of aryl methyl sites for hydroxylation is 1. The monoisotopic (exact) mass is 374 g/mol. The minimum atomic E-state index is -3.73. The second-order valence-corrected chi connectivity index (χ2v) is 8.02. The lowest BCUT2D eigenvalue weighted by Crippen LogP contribution is -2.08. The molecule has 2 aromatic carbocycles. The molecule has 0 radical (unpaired) electrons. The van der Waals surface area contributed by atoms with E-state index in [-0.39, 0.29) is 22.9 Å². The highest BCUT2D eigenvalue weighted by Gasteiger charge is 2.25. The maximum absolute atomic E-state index is 12.8. The molecule has 0 unspecified atom stereocenters. The summed E-state index contributed by atoms with van der Waals surface area (Å²) in [7, 11) is -2.18. The molecule has 26 heavy (non-hydrogen) atoms. The minimum Gasteiger partial charge on any atom is -0.364 e. The summed E-state index contributed by atoms with van der Waals surface area (Å²) in [5.74, 6) is -0.444. The Morgan fingerprint density at radius 2 is 1.81 bits per heavy atom. The fraction of sp³-hybridized carbons (Fsp3) is 0.222. The minimum absolute atomic E-state index is 0.144. The maximum atomic E-state index is 12.8. The van der Waals surface area contributed by atoms with E-state index in [1.165, 1.54) is 18.2 Å². The van der Waals surface area contributed by atoms with Gasteiger partial charge in [-0.05, 0) is 31.2 Å². The van der Waals surface area contributed by atoms with E-state index in [9.17, 15) is 18.5 Å². The van der Waals surface area contributed by atoms with Crippen LogP contribution in [0.25, 0.3) is 10.9 Å². The molecule has 3 aromatic rings. The van der Waals surface area contributed by atoms with E-state index >= 15 is 0 Å². The van der Waals surface area contributed by atoms with Gasteiger partial charge in [-0.1, -0.05) is 17.7 Å². The SMILES string of the molecule is COCn1ccc2c(CS(=O)(=O)c3ccc(C)cc3)c([N+](=O)[O-])ccc21. The maximum Gasteiger partial charge on any atom is 0.274 e. The van der Waals surface area contributed by atoms with Crippen molar-refractivity contribution in [1.82, 2.24) is 4.57 Å². The molecule has 0 aliphatic carbocycles. The van der Waals surface area contributed by atoms with Crippen molar-refractivity contribution >= 4 is 26.4 Å². The number of ether oxygens (including phenoxy) is 1. The number of hydrogen-bond donors (Lipinski definition) is 0. The van der Waals surface area contributed by atoms with Gasteiger partial charge in [-0.3, -0.25) is 10.1 Å². The number of aromatic nitrogens is 1. The lowest BCUT2D eigenvalue weighted by Gasteiger charge is -2.09. The number of sulfone groups is 1. The van der Waals surface area contributed by atoms with Gasteiger partial charge in [0.1, 0.15) is 6.73 Å². The number of fused-ring (bicyclic) bond motifs is 1. The third-order valence-electron chi connectivity index (χ3n) is 4.22. The first-order valence-corrected chi connectivity index (χ1v) is 9.52. The number of hydrogen-bond acceptors (Lipinski definition) is 5. The predicted molar refractivity (Wildman–Crippen MR) is 97.7 cm³/mol. The lowest BCUT2D eigenvalue weighted by molar-refractivity contribution is -0.385. The van der Waals surface area contributed by atoms with E-state index < -0.39 is 20.5 Å². The number of rotatable bonds is 6. The fourth-order valence-corrected chi connectivity index (χ4v) is 4.32. The van der Waals surface area contributed by atoms with E-state index in [0.29, 0.717) is 10.9 Å². The number of nitrogens with zero attached hydrogens (tertiary/aromatic N) is 2. The predicted octanol–water partition coefficient (Wildman–Crippen LogP) is 3.44. The first kappa shape index (κ1) is 18.1. The molecule has 0 saturated heterocycles. The van der Waals surface area contributed by atoms with Crippen molar-refractivity contribution in [2.45, 2.75) is 24.3 Å². The van der Waals surface area contributed by atoms with Gasteiger partial charge in [-0.25, -0.2) is 8.42 Å². The third-order valence-corrected chi connectivity index (χ3v) is 5.88. The van der Waals surface area contributed by atoms with Gasteiger partial charge in [-0.2, -0.15) is 0 Å². The molecule has 0 N–H and O–H groups in total. The summed E-state index contributed by atoms with van der Waals surface area (Å²) >= 11 is 0. The molecule has 0 fully saturated rings. The first-order chi connectivity index (χ1) is 12.3. The average molecular weight is 374 g/mol. The smallest absolute Gasteiger partial charge is 0.274 e. The molecule has 0 aliphatic heterocycles. The van der Waals surface area contributed by atoms with E-state index in [1.807, 2.05) is 6.92 Å². The molecular weight excluding hydrogens is 356 g/mol. The summed E-state index contributed by atoms with van der Waals surface area (Å²) in [5.41, 5.74) is 1.60. The van der Waals surface area contributed by atoms with Crippen LogP contribution in [0.1, 0.15) is 11.1 Å². The highest BCUT2D eigenvalue weighted by atomic mass is 32.2. The van der Waals surface area contributed by atoms with Crippen molar-refractivity contribution in [3.63, 3.8) is 0 Å².